The molecule has 4 aromatic rings. The van der Waals surface area contributed by atoms with Crippen LogP contribution in [0.5, 0.6) is 0 Å². The molecule has 0 aliphatic heterocycles. The molecule has 0 amide bonds. The van der Waals surface area contributed by atoms with Crippen molar-refractivity contribution in [2.75, 3.05) is 0 Å². The number of nitrogens with one attached hydrogen (secondary N) is 1. The molecule has 1 aromatic carbocycles. The third-order valence-corrected chi connectivity index (χ3v) is 4.31. The van der Waals surface area contributed by atoms with Crippen LogP contribution < -0.4 is 5.56 Å². The Labute approximate surface area is 157 Å². The number of fused-ring (bicyclic) bond motifs is 1. The van der Waals surface area contributed by atoms with Crippen molar-refractivity contribution >= 4 is 11.0 Å². The summed E-state index contributed by atoms with van der Waals surface area (Å²) in [7, 11) is 0. The van der Waals surface area contributed by atoms with E-state index in [2.05, 4.69) is 15.0 Å². The predicted octanol–water partition coefficient (Wildman–Crippen LogP) is 4.98. The first-order valence-corrected chi connectivity index (χ1v) is 8.47. The van der Waals surface area contributed by atoms with Crippen LogP contribution in [0.1, 0.15) is 11.4 Å². The molecule has 3 aromatic heterocycles. The number of aromatic nitrogens is 3. The highest BCUT2D eigenvalue weighted by atomic mass is 19.4. The van der Waals surface area contributed by atoms with Crippen molar-refractivity contribution in [1.29, 1.82) is 0 Å². The van der Waals surface area contributed by atoms with Gasteiger partial charge < -0.3 is 4.98 Å². The van der Waals surface area contributed by atoms with Gasteiger partial charge >= 0.3 is 6.18 Å². The maximum Gasteiger partial charge on any atom is 0.433 e. The minimum absolute atomic E-state index is 0.255. The fourth-order valence-corrected chi connectivity index (χ4v) is 3.09. The fraction of sp³-hybridized carbons (Fsp3) is 0.0952. The zero-order valence-corrected chi connectivity index (χ0v) is 14.7. The molecule has 0 atom stereocenters. The van der Waals surface area contributed by atoms with Gasteiger partial charge in [-0.15, -0.1) is 0 Å². The van der Waals surface area contributed by atoms with E-state index >= 15 is 0 Å². The average molecular weight is 381 g/mol. The zero-order valence-electron chi connectivity index (χ0n) is 14.7. The van der Waals surface area contributed by atoms with Gasteiger partial charge in [0, 0.05) is 28.3 Å². The quantitative estimate of drug-likeness (QED) is 0.533. The number of hydrogen-bond acceptors (Lipinski definition) is 3. The van der Waals surface area contributed by atoms with E-state index in [9.17, 15) is 18.0 Å². The van der Waals surface area contributed by atoms with Crippen LogP contribution in [0.15, 0.2) is 65.5 Å². The van der Waals surface area contributed by atoms with E-state index in [1.54, 1.807) is 18.2 Å². The van der Waals surface area contributed by atoms with E-state index in [0.717, 1.165) is 11.6 Å². The lowest BCUT2D eigenvalue weighted by molar-refractivity contribution is -0.141. The molecule has 4 rings (SSSR count). The van der Waals surface area contributed by atoms with Crippen molar-refractivity contribution in [3.8, 4) is 22.4 Å². The van der Waals surface area contributed by atoms with E-state index in [0.29, 0.717) is 27.9 Å². The summed E-state index contributed by atoms with van der Waals surface area (Å²) in [6.45, 7) is 1.52. The second-order valence-electron chi connectivity index (χ2n) is 6.39. The van der Waals surface area contributed by atoms with Crippen molar-refractivity contribution in [3.63, 3.8) is 0 Å². The smallest absolute Gasteiger partial charge is 0.307 e. The van der Waals surface area contributed by atoms with Crippen molar-refractivity contribution in [3.05, 3.63) is 82.4 Å². The number of benzene rings is 1. The minimum atomic E-state index is -4.55. The molecule has 0 aliphatic carbocycles. The summed E-state index contributed by atoms with van der Waals surface area (Å²) in [5.74, 6) is 0. The molecule has 0 saturated heterocycles. The van der Waals surface area contributed by atoms with Crippen molar-refractivity contribution < 1.29 is 13.2 Å². The molecule has 4 nitrogen and oxygen atoms in total. The molecule has 28 heavy (non-hydrogen) atoms. The summed E-state index contributed by atoms with van der Waals surface area (Å²) in [6.07, 6.45) is -4.55. The fourth-order valence-electron chi connectivity index (χ4n) is 3.09. The third kappa shape index (κ3) is 3.38. The summed E-state index contributed by atoms with van der Waals surface area (Å²) in [4.78, 5) is 22.5. The standard InChI is InChI=1S/C21H14F3N3O/c1-12-9-15(11-17(25-12)21(22,23)24)16-10-14-7-8-18(28)26-20(14)27-19(16)13-5-3-2-4-6-13/h2-11H,1H3,(H,26,27,28). The van der Waals surface area contributed by atoms with Crippen molar-refractivity contribution in [2.45, 2.75) is 13.1 Å². The summed E-state index contributed by atoms with van der Waals surface area (Å²) < 4.78 is 39.8. The van der Waals surface area contributed by atoms with E-state index in [4.69, 9.17) is 0 Å². The molecule has 7 heteroatoms. The van der Waals surface area contributed by atoms with Crippen LogP contribution in [-0.4, -0.2) is 15.0 Å². The normalized spacial score (nSPS) is 11.7. The number of alkyl halides is 3. The van der Waals surface area contributed by atoms with Gasteiger partial charge in [-0.3, -0.25) is 4.79 Å². The summed E-state index contributed by atoms with van der Waals surface area (Å²) >= 11 is 0. The SMILES string of the molecule is Cc1cc(-c2cc3ccc(=O)[nH]c3nc2-c2ccccc2)cc(C(F)(F)F)n1. The molecular formula is C21H14F3N3O. The second kappa shape index (κ2) is 6.60. The predicted molar refractivity (Wildman–Crippen MR) is 101 cm³/mol. The van der Waals surface area contributed by atoms with Crippen LogP contribution in [0.4, 0.5) is 13.2 Å². The zero-order chi connectivity index (χ0) is 19.9. The highest BCUT2D eigenvalue weighted by molar-refractivity contribution is 5.90. The number of aryl methyl sites for hydroxylation is 1. The number of halogens is 3. The highest BCUT2D eigenvalue weighted by Crippen LogP contribution is 2.36. The number of aromatic amines is 1. The van der Waals surface area contributed by atoms with Gasteiger partial charge in [0.25, 0.3) is 0 Å². The highest BCUT2D eigenvalue weighted by Gasteiger charge is 2.33. The number of nitrogens with zero attached hydrogens (tertiary/aromatic N) is 2. The summed E-state index contributed by atoms with van der Waals surface area (Å²) in [5.41, 5.74) is 1.47. The van der Waals surface area contributed by atoms with Crippen LogP contribution in [-0.2, 0) is 6.18 Å². The average Bonchev–Trinajstić information content (AvgIpc) is 2.66. The summed E-state index contributed by atoms with van der Waals surface area (Å²) in [6, 6.07) is 16.4. The Morgan fingerprint density at radius 2 is 1.64 bits per heavy atom. The molecule has 3 heterocycles. The topological polar surface area (TPSA) is 58.6 Å². The summed E-state index contributed by atoms with van der Waals surface area (Å²) in [5, 5.41) is 0.623. The maximum atomic E-state index is 13.3. The lowest BCUT2D eigenvalue weighted by Crippen LogP contribution is -2.09. The minimum Gasteiger partial charge on any atom is -0.307 e. The van der Waals surface area contributed by atoms with Gasteiger partial charge in [-0.05, 0) is 36.8 Å². The molecule has 1 N–H and O–H groups in total. The molecule has 0 aliphatic rings. The van der Waals surface area contributed by atoms with Gasteiger partial charge in [-0.2, -0.15) is 13.2 Å². The molecule has 0 saturated carbocycles. The first kappa shape index (κ1) is 17.9. The largest absolute Gasteiger partial charge is 0.433 e. The molecule has 140 valence electrons. The Morgan fingerprint density at radius 1 is 0.893 bits per heavy atom. The number of H-pyrrole nitrogens is 1. The Bertz CT molecular complexity index is 1230. The Hall–Kier alpha value is -3.48. The van der Waals surface area contributed by atoms with E-state index in [-0.39, 0.29) is 11.3 Å². The van der Waals surface area contributed by atoms with Crippen LogP contribution in [0.3, 0.4) is 0 Å². The Morgan fingerprint density at radius 3 is 2.36 bits per heavy atom. The van der Waals surface area contributed by atoms with Crippen molar-refractivity contribution in [2.24, 2.45) is 0 Å². The second-order valence-corrected chi connectivity index (χ2v) is 6.39. The van der Waals surface area contributed by atoms with E-state index in [1.165, 1.54) is 13.0 Å². The van der Waals surface area contributed by atoms with Gasteiger partial charge in [0.2, 0.25) is 5.56 Å². The van der Waals surface area contributed by atoms with Gasteiger partial charge in [-0.1, -0.05) is 30.3 Å². The van der Waals surface area contributed by atoms with Crippen LogP contribution >= 0.6 is 0 Å². The maximum absolute atomic E-state index is 13.3. The molecular weight excluding hydrogens is 367 g/mol. The Balaban J connectivity index is 2.04. The van der Waals surface area contributed by atoms with Gasteiger partial charge in [0.15, 0.2) is 0 Å². The van der Waals surface area contributed by atoms with Gasteiger partial charge in [0.05, 0.1) is 5.69 Å². The Kier molecular flexibility index (Phi) is 4.22. The van der Waals surface area contributed by atoms with Gasteiger partial charge in [-0.25, -0.2) is 9.97 Å². The van der Waals surface area contributed by atoms with E-state index < -0.39 is 11.9 Å². The number of hydrogen-bond donors (Lipinski definition) is 1. The van der Waals surface area contributed by atoms with Gasteiger partial charge in [0.1, 0.15) is 11.3 Å². The third-order valence-electron chi connectivity index (χ3n) is 4.31. The first-order valence-electron chi connectivity index (χ1n) is 8.47. The number of pyridine rings is 3. The lowest BCUT2D eigenvalue weighted by Gasteiger charge is -2.14. The van der Waals surface area contributed by atoms with Crippen LogP contribution in [0, 0.1) is 6.92 Å². The molecule has 0 bridgehead atoms. The molecule has 0 fully saturated rings. The van der Waals surface area contributed by atoms with Crippen LogP contribution in [0.2, 0.25) is 0 Å². The lowest BCUT2D eigenvalue weighted by atomic mass is 9.97. The monoisotopic (exact) mass is 381 g/mol. The first-order chi connectivity index (χ1) is 13.3. The molecule has 0 radical (unpaired) electrons. The molecule has 0 spiro atoms. The van der Waals surface area contributed by atoms with Crippen molar-refractivity contribution in [1.82, 2.24) is 15.0 Å². The van der Waals surface area contributed by atoms with E-state index in [1.807, 2.05) is 30.3 Å². The molecule has 0 unspecified atom stereocenters. The number of rotatable bonds is 2. The van der Waals surface area contributed by atoms with Crippen LogP contribution in [0.25, 0.3) is 33.4 Å².